The molecule has 6 unspecified atom stereocenters. The average Bonchev–Trinajstić information content (AvgIpc) is 2.52. The summed E-state index contributed by atoms with van der Waals surface area (Å²) < 4.78 is 5.34. The zero-order valence-corrected chi connectivity index (χ0v) is 13.5. The van der Waals surface area contributed by atoms with Crippen molar-refractivity contribution in [2.45, 2.75) is 44.9 Å². The summed E-state index contributed by atoms with van der Waals surface area (Å²) in [6.07, 6.45) is 9.74. The van der Waals surface area contributed by atoms with Crippen LogP contribution < -0.4 is 0 Å². The summed E-state index contributed by atoms with van der Waals surface area (Å²) in [5.41, 5.74) is 0.524. The van der Waals surface area contributed by atoms with Crippen LogP contribution in [0.1, 0.15) is 44.9 Å². The zero-order valence-electron chi connectivity index (χ0n) is 13.5. The summed E-state index contributed by atoms with van der Waals surface area (Å²) in [4.78, 5) is 12.7. The first kappa shape index (κ1) is 11.9. The predicted molar refractivity (Wildman–Crippen MR) is 80.6 cm³/mol. The lowest BCUT2D eigenvalue weighted by atomic mass is 9.20. The first-order valence-corrected chi connectivity index (χ1v) is 9.75. The molecule has 11 bridgehead atoms. The molecule has 10 saturated carbocycles. The van der Waals surface area contributed by atoms with Crippen molar-refractivity contribution in [2.24, 2.45) is 64.1 Å². The topological polar surface area (TPSA) is 26.3 Å². The molecule has 0 aromatic carbocycles. The fourth-order valence-corrected chi connectivity index (χ4v) is 10.8. The third kappa shape index (κ3) is 0.931. The van der Waals surface area contributed by atoms with E-state index in [4.69, 9.17) is 4.74 Å². The highest BCUT2D eigenvalue weighted by atomic mass is 16.5. The number of hydrogen-bond acceptors (Lipinski definition) is 2. The number of methoxy groups -OCH3 is 1. The standard InChI is InChI=1S/C20H26O2/c1-22-18(21)19-6-14-11-4-10-12-2-9-3-13(10)17(15(11)7-19)20(5-9,8-19)16(12)14/h9-17H,2-8H2,1H3. The van der Waals surface area contributed by atoms with E-state index in [9.17, 15) is 4.79 Å². The van der Waals surface area contributed by atoms with Crippen LogP contribution in [0.25, 0.3) is 0 Å². The van der Waals surface area contributed by atoms with E-state index in [0.29, 0.717) is 5.41 Å². The Morgan fingerprint density at radius 2 is 1.50 bits per heavy atom. The summed E-state index contributed by atoms with van der Waals surface area (Å²) in [5.74, 6) is 9.20. The molecule has 0 aromatic heterocycles. The van der Waals surface area contributed by atoms with Gasteiger partial charge in [-0.15, -0.1) is 0 Å². The monoisotopic (exact) mass is 298 g/mol. The van der Waals surface area contributed by atoms with Gasteiger partial charge in [-0.1, -0.05) is 0 Å². The molecule has 0 amide bonds. The molecule has 0 aromatic rings. The van der Waals surface area contributed by atoms with Crippen LogP contribution in [0.4, 0.5) is 0 Å². The van der Waals surface area contributed by atoms with E-state index in [0.717, 1.165) is 53.3 Å². The van der Waals surface area contributed by atoms with Crippen LogP contribution in [-0.4, -0.2) is 13.1 Å². The van der Waals surface area contributed by atoms with E-state index in [1.54, 1.807) is 20.0 Å². The van der Waals surface area contributed by atoms with Gasteiger partial charge in [0.1, 0.15) is 0 Å². The summed E-state index contributed by atoms with van der Waals surface area (Å²) in [6, 6.07) is 0. The van der Waals surface area contributed by atoms with Crippen LogP contribution in [0.2, 0.25) is 0 Å². The lowest BCUT2D eigenvalue weighted by Crippen LogP contribution is -2.79. The summed E-state index contributed by atoms with van der Waals surface area (Å²) >= 11 is 0. The van der Waals surface area contributed by atoms with Crippen molar-refractivity contribution in [2.75, 3.05) is 7.11 Å². The molecule has 0 radical (unpaired) electrons. The Bertz CT molecular complexity index is 577. The number of esters is 1. The minimum Gasteiger partial charge on any atom is -0.469 e. The van der Waals surface area contributed by atoms with E-state index >= 15 is 0 Å². The highest BCUT2D eigenvalue weighted by Crippen LogP contribution is 2.86. The average molecular weight is 298 g/mol. The molecular weight excluding hydrogens is 272 g/mol. The van der Waals surface area contributed by atoms with Crippen LogP contribution in [0.5, 0.6) is 0 Å². The van der Waals surface area contributed by atoms with E-state index in [-0.39, 0.29) is 11.4 Å². The molecule has 0 N–H and O–H groups in total. The highest BCUT2D eigenvalue weighted by molar-refractivity contribution is 5.78. The van der Waals surface area contributed by atoms with Gasteiger partial charge in [0.25, 0.3) is 0 Å². The maximum absolute atomic E-state index is 12.7. The van der Waals surface area contributed by atoms with Gasteiger partial charge in [0.05, 0.1) is 12.5 Å². The Morgan fingerprint density at radius 1 is 0.864 bits per heavy atom. The van der Waals surface area contributed by atoms with Crippen LogP contribution in [0.3, 0.4) is 0 Å². The molecule has 2 heteroatoms. The molecule has 10 aliphatic rings. The van der Waals surface area contributed by atoms with E-state index in [1.165, 1.54) is 32.1 Å². The normalized spacial score (nSPS) is 70.7. The van der Waals surface area contributed by atoms with Crippen LogP contribution in [-0.2, 0) is 9.53 Å². The van der Waals surface area contributed by atoms with Crippen molar-refractivity contribution in [3.8, 4) is 0 Å². The third-order valence-electron chi connectivity index (χ3n) is 10.3. The van der Waals surface area contributed by atoms with Gasteiger partial charge in [-0.2, -0.15) is 0 Å². The van der Waals surface area contributed by atoms with Gasteiger partial charge in [0.2, 0.25) is 0 Å². The van der Waals surface area contributed by atoms with Gasteiger partial charge in [-0.3, -0.25) is 4.79 Å². The number of rotatable bonds is 1. The molecule has 0 saturated heterocycles. The predicted octanol–water partition coefficient (Wildman–Crippen LogP) is 3.50. The number of ether oxygens (including phenoxy) is 1. The largest absolute Gasteiger partial charge is 0.469 e. The Hall–Kier alpha value is -0.530. The number of carbonyl (C=O) groups is 1. The molecular formula is C20H26O2. The van der Waals surface area contributed by atoms with Crippen molar-refractivity contribution >= 4 is 5.97 Å². The molecule has 118 valence electrons. The second kappa shape index (κ2) is 3.17. The van der Waals surface area contributed by atoms with E-state index < -0.39 is 0 Å². The maximum atomic E-state index is 12.7. The minimum absolute atomic E-state index is 0.0634. The van der Waals surface area contributed by atoms with Crippen LogP contribution >= 0.6 is 0 Å². The van der Waals surface area contributed by atoms with Crippen molar-refractivity contribution in [3.05, 3.63) is 0 Å². The second-order valence-electron chi connectivity index (χ2n) is 10.4. The smallest absolute Gasteiger partial charge is 0.311 e. The van der Waals surface area contributed by atoms with Gasteiger partial charge in [0.15, 0.2) is 0 Å². The second-order valence-corrected chi connectivity index (χ2v) is 10.4. The Labute approximate surface area is 132 Å². The Kier molecular flexibility index (Phi) is 1.72. The number of hydrogen-bond donors (Lipinski definition) is 0. The number of carbonyl (C=O) groups excluding carboxylic acids is 1. The van der Waals surface area contributed by atoms with Gasteiger partial charge < -0.3 is 4.74 Å². The minimum atomic E-state index is -0.0634. The first-order valence-electron chi connectivity index (χ1n) is 9.75. The highest BCUT2D eigenvalue weighted by Gasteiger charge is 2.81. The van der Waals surface area contributed by atoms with Gasteiger partial charge in [-0.05, 0) is 104 Å². The molecule has 10 aliphatic carbocycles. The fourth-order valence-electron chi connectivity index (χ4n) is 10.8. The van der Waals surface area contributed by atoms with Gasteiger partial charge in [-0.25, -0.2) is 0 Å². The maximum Gasteiger partial charge on any atom is 0.311 e. The molecule has 2 nitrogen and oxygen atoms in total. The van der Waals surface area contributed by atoms with Gasteiger partial charge >= 0.3 is 5.97 Å². The Morgan fingerprint density at radius 3 is 2.14 bits per heavy atom. The lowest BCUT2D eigenvalue weighted by Gasteiger charge is -2.84. The first-order chi connectivity index (χ1) is 10.7. The molecule has 0 heterocycles. The van der Waals surface area contributed by atoms with Crippen molar-refractivity contribution in [1.29, 1.82) is 0 Å². The van der Waals surface area contributed by atoms with E-state index in [2.05, 4.69) is 0 Å². The molecule has 10 rings (SSSR count). The summed E-state index contributed by atoms with van der Waals surface area (Å²) in [6.45, 7) is 0. The van der Waals surface area contributed by atoms with Crippen molar-refractivity contribution < 1.29 is 9.53 Å². The molecule has 10 fully saturated rings. The quantitative estimate of drug-likeness (QED) is 0.693. The SMILES string of the molecule is COC(=O)C12CC3C4CC5C6CC7CC5C(C4C1)C(C7)(C2)C63. The lowest BCUT2D eigenvalue weighted by molar-refractivity contribution is -0.360. The summed E-state index contributed by atoms with van der Waals surface area (Å²) in [5, 5.41) is 0. The zero-order chi connectivity index (χ0) is 14.4. The van der Waals surface area contributed by atoms with Crippen LogP contribution in [0.15, 0.2) is 0 Å². The van der Waals surface area contributed by atoms with Crippen LogP contribution in [0, 0.1) is 64.1 Å². The van der Waals surface area contributed by atoms with Crippen molar-refractivity contribution in [3.63, 3.8) is 0 Å². The van der Waals surface area contributed by atoms with Gasteiger partial charge in [0, 0.05) is 0 Å². The van der Waals surface area contributed by atoms with Crippen molar-refractivity contribution in [1.82, 2.24) is 0 Å². The third-order valence-corrected chi connectivity index (χ3v) is 10.3. The Balaban J connectivity index is 1.47. The molecule has 0 aliphatic heterocycles. The summed E-state index contributed by atoms with van der Waals surface area (Å²) in [7, 11) is 1.62. The fraction of sp³-hybridized carbons (Fsp3) is 0.950. The molecule has 22 heavy (non-hydrogen) atoms. The van der Waals surface area contributed by atoms with E-state index in [1.807, 2.05) is 0 Å². The molecule has 1 spiro atoms. The molecule has 6 atom stereocenters.